The highest BCUT2D eigenvalue weighted by Gasteiger charge is 2.30. The number of ether oxygens (including phenoxy) is 2. The number of aryl methyl sites for hydroxylation is 1. The van der Waals surface area contributed by atoms with Crippen LogP contribution in [-0.4, -0.2) is 17.7 Å². The Balaban J connectivity index is 1.40. The van der Waals surface area contributed by atoms with Crippen LogP contribution in [0.25, 0.3) is 0 Å². The van der Waals surface area contributed by atoms with E-state index in [1.54, 1.807) is 0 Å². The van der Waals surface area contributed by atoms with E-state index in [0.717, 1.165) is 41.5 Å². The molecule has 0 saturated heterocycles. The number of hydrogen-bond donors (Lipinski definition) is 1. The molecule has 5 nitrogen and oxygen atoms in total. The first kappa shape index (κ1) is 21.1. The van der Waals surface area contributed by atoms with Gasteiger partial charge in [0.15, 0.2) is 0 Å². The van der Waals surface area contributed by atoms with Crippen LogP contribution in [0.3, 0.4) is 0 Å². The minimum atomic E-state index is -0.822. The lowest BCUT2D eigenvalue weighted by Crippen LogP contribution is -2.07. The van der Waals surface area contributed by atoms with E-state index in [4.69, 9.17) is 14.6 Å². The van der Waals surface area contributed by atoms with Crippen molar-refractivity contribution in [2.24, 2.45) is 0 Å². The number of nitrogens with zero attached hydrogens (tertiary/aromatic N) is 1. The van der Waals surface area contributed by atoms with E-state index < -0.39 is 5.97 Å². The van der Waals surface area contributed by atoms with Crippen LogP contribution in [0.1, 0.15) is 63.8 Å². The maximum absolute atomic E-state index is 11.1. The van der Waals surface area contributed by atoms with E-state index in [2.05, 4.69) is 25.1 Å². The molecule has 5 rings (SSSR count). The third-order valence-corrected chi connectivity index (χ3v) is 6.78. The minimum Gasteiger partial charge on any atom is -0.492 e. The molecule has 166 valence electrons. The average molecular weight is 440 g/mol. The lowest BCUT2D eigenvalue weighted by atomic mass is 9.91. The molecule has 0 bridgehead atoms. The van der Waals surface area contributed by atoms with Gasteiger partial charge in [-0.05, 0) is 66.1 Å². The summed E-state index contributed by atoms with van der Waals surface area (Å²) in [5.41, 5.74) is 7.58. The molecule has 3 aromatic carbocycles. The van der Waals surface area contributed by atoms with Gasteiger partial charge >= 0.3 is 5.97 Å². The van der Waals surface area contributed by atoms with E-state index >= 15 is 0 Å². The van der Waals surface area contributed by atoms with Crippen LogP contribution in [0.5, 0.6) is 11.5 Å². The first-order valence-corrected chi connectivity index (χ1v) is 11.3. The molecular formula is C28H25NO4. The van der Waals surface area contributed by atoms with Crippen LogP contribution in [-0.2, 0) is 17.6 Å². The van der Waals surface area contributed by atoms with Crippen molar-refractivity contribution >= 4 is 5.97 Å². The molecule has 33 heavy (non-hydrogen) atoms. The summed E-state index contributed by atoms with van der Waals surface area (Å²) >= 11 is 0. The van der Waals surface area contributed by atoms with Gasteiger partial charge in [-0.2, -0.15) is 5.26 Å². The largest absolute Gasteiger partial charge is 0.492 e. The van der Waals surface area contributed by atoms with Gasteiger partial charge in [0.1, 0.15) is 17.6 Å². The molecule has 1 aliphatic carbocycles. The number of carboxylic acid groups (broad SMARTS) is 1. The lowest BCUT2D eigenvalue weighted by molar-refractivity contribution is -0.137. The quantitative estimate of drug-likeness (QED) is 0.551. The summed E-state index contributed by atoms with van der Waals surface area (Å²) < 4.78 is 12.1. The van der Waals surface area contributed by atoms with Gasteiger partial charge in [-0.1, -0.05) is 36.4 Å². The van der Waals surface area contributed by atoms with E-state index in [1.165, 1.54) is 16.7 Å². The Morgan fingerprint density at radius 1 is 1.18 bits per heavy atom. The Hall–Kier alpha value is -3.78. The van der Waals surface area contributed by atoms with Crippen LogP contribution < -0.4 is 9.47 Å². The van der Waals surface area contributed by atoms with E-state index in [9.17, 15) is 10.1 Å². The second-order valence-electron chi connectivity index (χ2n) is 8.83. The van der Waals surface area contributed by atoms with Crippen LogP contribution in [0.4, 0.5) is 0 Å². The zero-order valence-corrected chi connectivity index (χ0v) is 18.5. The summed E-state index contributed by atoms with van der Waals surface area (Å²) in [7, 11) is 0. The average Bonchev–Trinajstić information content (AvgIpc) is 3.39. The maximum atomic E-state index is 11.1. The Labute approximate surface area is 193 Å². The number of nitriles is 1. The third kappa shape index (κ3) is 4.05. The summed E-state index contributed by atoms with van der Waals surface area (Å²) in [4.78, 5) is 11.1. The fraction of sp³-hybridized carbons (Fsp3) is 0.286. The van der Waals surface area contributed by atoms with Gasteiger partial charge in [0.2, 0.25) is 0 Å². The van der Waals surface area contributed by atoms with E-state index in [-0.39, 0.29) is 18.4 Å². The zero-order chi connectivity index (χ0) is 22.9. The lowest BCUT2D eigenvalue weighted by Gasteiger charge is -2.17. The first-order chi connectivity index (χ1) is 16.0. The molecule has 0 fully saturated rings. The highest BCUT2D eigenvalue weighted by Crippen LogP contribution is 2.42. The highest BCUT2D eigenvalue weighted by atomic mass is 16.5. The molecule has 1 aliphatic heterocycles. The van der Waals surface area contributed by atoms with Crippen molar-refractivity contribution in [2.75, 3.05) is 6.61 Å². The molecule has 1 N–H and O–H groups in total. The third-order valence-electron chi connectivity index (χ3n) is 6.78. The van der Waals surface area contributed by atoms with Crippen LogP contribution >= 0.6 is 0 Å². The second kappa shape index (κ2) is 8.63. The zero-order valence-electron chi connectivity index (χ0n) is 18.5. The SMILES string of the molecule is Cc1ccccc1Cc1c(C#N)ccc2c1CC[C@H]2Oc1ccc2c(c1)OCC2CC(=O)O. The van der Waals surface area contributed by atoms with E-state index in [1.807, 2.05) is 42.5 Å². The normalized spacial score (nSPS) is 18.2. The van der Waals surface area contributed by atoms with Gasteiger partial charge in [-0.15, -0.1) is 0 Å². The molecule has 0 radical (unpaired) electrons. The summed E-state index contributed by atoms with van der Waals surface area (Å²) in [5.74, 6) is 0.481. The summed E-state index contributed by atoms with van der Waals surface area (Å²) in [5, 5.41) is 18.8. The Morgan fingerprint density at radius 2 is 2.00 bits per heavy atom. The molecular weight excluding hydrogens is 414 g/mol. The van der Waals surface area contributed by atoms with Crippen molar-refractivity contribution in [3.63, 3.8) is 0 Å². The molecule has 2 aliphatic rings. The van der Waals surface area contributed by atoms with Crippen LogP contribution in [0.15, 0.2) is 54.6 Å². The molecule has 3 aromatic rings. The number of fused-ring (bicyclic) bond motifs is 2. The number of hydrogen-bond acceptors (Lipinski definition) is 4. The Morgan fingerprint density at radius 3 is 2.79 bits per heavy atom. The molecule has 0 saturated carbocycles. The van der Waals surface area contributed by atoms with Crippen molar-refractivity contribution < 1.29 is 19.4 Å². The van der Waals surface area contributed by atoms with Crippen molar-refractivity contribution in [1.82, 2.24) is 0 Å². The molecule has 1 unspecified atom stereocenters. The van der Waals surface area contributed by atoms with Crippen molar-refractivity contribution in [1.29, 1.82) is 5.26 Å². The van der Waals surface area contributed by atoms with Gasteiger partial charge in [0, 0.05) is 17.5 Å². The maximum Gasteiger partial charge on any atom is 0.304 e. The van der Waals surface area contributed by atoms with Crippen LogP contribution in [0, 0.1) is 18.3 Å². The van der Waals surface area contributed by atoms with Gasteiger partial charge in [0.25, 0.3) is 0 Å². The summed E-state index contributed by atoms with van der Waals surface area (Å²) in [6.45, 7) is 2.49. The predicted molar refractivity (Wildman–Crippen MR) is 124 cm³/mol. The smallest absolute Gasteiger partial charge is 0.304 e. The summed E-state index contributed by atoms with van der Waals surface area (Å²) in [6.07, 6.45) is 2.44. The predicted octanol–water partition coefficient (Wildman–Crippen LogP) is 5.47. The number of carboxylic acids is 1. The van der Waals surface area contributed by atoms with Crippen molar-refractivity contribution in [3.8, 4) is 17.6 Å². The molecule has 0 spiro atoms. The number of rotatable bonds is 6. The standard InChI is InChI=1S/C28H25NO4/c1-17-4-2-3-5-18(17)12-25-19(15-29)6-8-24-23(25)10-11-26(24)33-21-7-9-22-20(13-28(30)31)16-32-27(22)14-21/h2-9,14,20,26H,10-13,16H2,1H3,(H,30,31)/t20?,26-/m1/s1. The monoisotopic (exact) mass is 439 g/mol. The number of aliphatic carboxylic acids is 1. The molecule has 1 heterocycles. The summed E-state index contributed by atoms with van der Waals surface area (Å²) in [6, 6.07) is 20.3. The van der Waals surface area contributed by atoms with Crippen LogP contribution in [0.2, 0.25) is 0 Å². The number of carbonyl (C=O) groups is 1. The molecule has 0 amide bonds. The Kier molecular flexibility index (Phi) is 5.51. The topological polar surface area (TPSA) is 79.5 Å². The fourth-order valence-electron chi connectivity index (χ4n) is 5.04. The first-order valence-electron chi connectivity index (χ1n) is 11.3. The van der Waals surface area contributed by atoms with Crippen molar-refractivity contribution in [2.45, 2.75) is 44.6 Å². The van der Waals surface area contributed by atoms with Crippen molar-refractivity contribution in [3.05, 3.63) is 93.5 Å². The number of benzene rings is 3. The van der Waals surface area contributed by atoms with Gasteiger partial charge in [-0.3, -0.25) is 4.79 Å². The van der Waals surface area contributed by atoms with Gasteiger partial charge in [0.05, 0.1) is 24.7 Å². The highest BCUT2D eigenvalue weighted by molar-refractivity contribution is 5.68. The van der Waals surface area contributed by atoms with E-state index in [0.29, 0.717) is 18.1 Å². The molecule has 5 heteroatoms. The second-order valence-corrected chi connectivity index (χ2v) is 8.83. The Bertz CT molecular complexity index is 1270. The fourth-order valence-corrected chi connectivity index (χ4v) is 5.04. The van der Waals surface area contributed by atoms with Gasteiger partial charge < -0.3 is 14.6 Å². The minimum absolute atomic E-state index is 0.0636. The van der Waals surface area contributed by atoms with Gasteiger partial charge in [-0.25, -0.2) is 0 Å². The molecule has 0 aromatic heterocycles. The molecule has 2 atom stereocenters.